The average Bonchev–Trinajstić information content (AvgIpc) is 2.58. The molecular weight excluding hydrogens is 164 g/mol. The van der Waals surface area contributed by atoms with E-state index in [-0.39, 0.29) is 17.4 Å². The molecule has 2 aliphatic carbocycles. The molecule has 0 aromatic carbocycles. The largest absolute Gasteiger partial charge is 0.396 e. The van der Waals surface area contributed by atoms with Gasteiger partial charge < -0.3 is 10.2 Å². The molecule has 0 aliphatic heterocycles. The molecule has 0 aromatic heterocycles. The van der Waals surface area contributed by atoms with Crippen molar-refractivity contribution in [2.24, 2.45) is 16.7 Å². The number of aliphatic hydroxyl groups excluding tert-OH is 1. The van der Waals surface area contributed by atoms with E-state index in [0.717, 1.165) is 19.3 Å². The van der Waals surface area contributed by atoms with Crippen LogP contribution in [0.4, 0.5) is 0 Å². The molecule has 2 atom stereocenters. The van der Waals surface area contributed by atoms with E-state index in [4.69, 9.17) is 0 Å². The van der Waals surface area contributed by atoms with Crippen LogP contribution < -0.4 is 0 Å². The van der Waals surface area contributed by atoms with Crippen LogP contribution >= 0.6 is 0 Å². The van der Waals surface area contributed by atoms with Crippen LogP contribution in [-0.4, -0.2) is 22.4 Å². The van der Waals surface area contributed by atoms with E-state index in [1.807, 2.05) is 0 Å². The molecule has 0 amide bonds. The highest BCUT2D eigenvalue weighted by molar-refractivity contribution is 5.19. The Morgan fingerprint density at radius 1 is 1.31 bits per heavy atom. The molecule has 2 rings (SSSR count). The molecule has 0 heterocycles. The standard InChI is InChI=1S/C11H20O2/c1-8-4-10(8,7-12)11(13)5-9(2,3)6-11/h8,12-13H,4-7H2,1-3H3. The minimum Gasteiger partial charge on any atom is -0.396 e. The molecular formula is C11H20O2. The Morgan fingerprint density at radius 2 is 1.77 bits per heavy atom. The zero-order chi connectivity index (χ0) is 9.91. The molecule has 0 bridgehead atoms. The third kappa shape index (κ3) is 1.08. The quantitative estimate of drug-likeness (QED) is 0.683. The first-order chi connectivity index (χ1) is 5.85. The van der Waals surface area contributed by atoms with Crippen molar-refractivity contribution in [1.29, 1.82) is 0 Å². The van der Waals surface area contributed by atoms with Crippen molar-refractivity contribution in [3.8, 4) is 0 Å². The first-order valence-electron chi connectivity index (χ1n) is 5.19. The van der Waals surface area contributed by atoms with Crippen LogP contribution in [0.3, 0.4) is 0 Å². The summed E-state index contributed by atoms with van der Waals surface area (Å²) in [6.45, 7) is 6.64. The van der Waals surface area contributed by atoms with Gasteiger partial charge in [0.25, 0.3) is 0 Å². The smallest absolute Gasteiger partial charge is 0.0738 e. The SMILES string of the molecule is CC1CC1(CO)C1(O)CC(C)(C)C1. The molecule has 0 saturated heterocycles. The number of aliphatic hydroxyl groups is 2. The third-order valence-electron chi connectivity index (χ3n) is 4.20. The first-order valence-corrected chi connectivity index (χ1v) is 5.19. The maximum absolute atomic E-state index is 10.3. The molecule has 2 saturated carbocycles. The Morgan fingerprint density at radius 3 is 2.00 bits per heavy atom. The van der Waals surface area contributed by atoms with E-state index in [1.165, 1.54) is 0 Å². The zero-order valence-corrected chi connectivity index (χ0v) is 8.80. The first kappa shape index (κ1) is 9.47. The second-order valence-corrected chi connectivity index (χ2v) is 5.97. The van der Waals surface area contributed by atoms with Crippen LogP contribution in [-0.2, 0) is 0 Å². The molecule has 2 fully saturated rings. The highest BCUT2D eigenvalue weighted by Gasteiger charge is 2.69. The predicted octanol–water partition coefficient (Wildman–Crippen LogP) is 1.56. The van der Waals surface area contributed by atoms with Crippen molar-refractivity contribution < 1.29 is 10.2 Å². The second kappa shape index (κ2) is 2.29. The number of rotatable bonds is 2. The highest BCUT2D eigenvalue weighted by Crippen LogP contribution is 2.68. The van der Waals surface area contributed by atoms with Crippen molar-refractivity contribution in [2.75, 3.05) is 6.61 Å². The van der Waals surface area contributed by atoms with Gasteiger partial charge in [-0.1, -0.05) is 20.8 Å². The molecule has 2 nitrogen and oxygen atoms in total. The minimum atomic E-state index is -0.565. The predicted molar refractivity (Wildman–Crippen MR) is 51.3 cm³/mol. The molecule has 2 aliphatic rings. The van der Waals surface area contributed by atoms with E-state index in [9.17, 15) is 10.2 Å². The third-order valence-corrected chi connectivity index (χ3v) is 4.20. The minimum absolute atomic E-state index is 0.150. The summed E-state index contributed by atoms with van der Waals surface area (Å²) in [6, 6.07) is 0. The van der Waals surface area contributed by atoms with Crippen molar-refractivity contribution in [3.63, 3.8) is 0 Å². The summed E-state index contributed by atoms with van der Waals surface area (Å²) in [5.74, 6) is 0.499. The van der Waals surface area contributed by atoms with Gasteiger partial charge in [-0.2, -0.15) is 0 Å². The Kier molecular flexibility index (Phi) is 1.67. The zero-order valence-electron chi connectivity index (χ0n) is 8.80. The lowest BCUT2D eigenvalue weighted by molar-refractivity contribution is -0.175. The van der Waals surface area contributed by atoms with Crippen molar-refractivity contribution in [2.45, 2.75) is 45.6 Å². The van der Waals surface area contributed by atoms with Gasteiger partial charge in [0.2, 0.25) is 0 Å². The normalized spacial score (nSPS) is 45.5. The van der Waals surface area contributed by atoms with Crippen molar-refractivity contribution in [3.05, 3.63) is 0 Å². The Bertz CT molecular complexity index is 222. The van der Waals surface area contributed by atoms with E-state index in [2.05, 4.69) is 20.8 Å². The molecule has 2 heteroatoms. The fourth-order valence-corrected chi connectivity index (χ4v) is 3.39. The molecule has 2 unspecified atom stereocenters. The van der Waals surface area contributed by atoms with Crippen LogP contribution in [0.1, 0.15) is 40.0 Å². The van der Waals surface area contributed by atoms with Gasteiger partial charge in [-0.3, -0.25) is 0 Å². The maximum Gasteiger partial charge on any atom is 0.0738 e. The van der Waals surface area contributed by atoms with E-state index in [0.29, 0.717) is 5.92 Å². The van der Waals surface area contributed by atoms with Gasteiger partial charge in [0.05, 0.1) is 12.2 Å². The van der Waals surface area contributed by atoms with Gasteiger partial charge >= 0.3 is 0 Å². The molecule has 0 radical (unpaired) electrons. The Balaban J connectivity index is 2.10. The average molecular weight is 184 g/mol. The summed E-state index contributed by atoms with van der Waals surface area (Å²) < 4.78 is 0. The Hall–Kier alpha value is -0.0800. The fourth-order valence-electron chi connectivity index (χ4n) is 3.39. The van der Waals surface area contributed by atoms with Gasteiger partial charge in [-0.05, 0) is 30.6 Å². The number of hydrogen-bond donors (Lipinski definition) is 2. The summed E-state index contributed by atoms with van der Waals surface area (Å²) in [7, 11) is 0. The molecule has 0 aromatic rings. The van der Waals surface area contributed by atoms with Gasteiger partial charge in [0.15, 0.2) is 0 Å². The van der Waals surface area contributed by atoms with E-state index >= 15 is 0 Å². The molecule has 0 spiro atoms. The lowest BCUT2D eigenvalue weighted by atomic mass is 9.55. The summed E-state index contributed by atoms with van der Waals surface area (Å²) in [5.41, 5.74) is -0.438. The topological polar surface area (TPSA) is 40.5 Å². The summed E-state index contributed by atoms with van der Waals surface area (Å²) in [5, 5.41) is 19.7. The molecule has 76 valence electrons. The van der Waals surface area contributed by atoms with Gasteiger partial charge in [0, 0.05) is 5.41 Å². The van der Waals surface area contributed by atoms with Crippen LogP contribution in [0.15, 0.2) is 0 Å². The molecule has 13 heavy (non-hydrogen) atoms. The van der Waals surface area contributed by atoms with Crippen LogP contribution in [0.5, 0.6) is 0 Å². The summed E-state index contributed by atoms with van der Waals surface area (Å²) in [4.78, 5) is 0. The van der Waals surface area contributed by atoms with Crippen LogP contribution in [0.2, 0.25) is 0 Å². The Labute approximate surface area is 80.0 Å². The van der Waals surface area contributed by atoms with Gasteiger partial charge in [0.1, 0.15) is 0 Å². The summed E-state index contributed by atoms with van der Waals surface area (Å²) in [6.07, 6.45) is 2.70. The number of hydrogen-bond acceptors (Lipinski definition) is 2. The molecule has 2 N–H and O–H groups in total. The van der Waals surface area contributed by atoms with Crippen LogP contribution in [0, 0.1) is 16.7 Å². The van der Waals surface area contributed by atoms with Crippen molar-refractivity contribution >= 4 is 0 Å². The lowest BCUT2D eigenvalue weighted by Crippen LogP contribution is -2.56. The second-order valence-electron chi connectivity index (χ2n) is 5.97. The highest BCUT2D eigenvalue weighted by atomic mass is 16.3. The van der Waals surface area contributed by atoms with Crippen LogP contribution in [0.25, 0.3) is 0 Å². The van der Waals surface area contributed by atoms with E-state index in [1.54, 1.807) is 0 Å². The monoisotopic (exact) mass is 184 g/mol. The maximum atomic E-state index is 10.3. The lowest BCUT2D eigenvalue weighted by Gasteiger charge is -2.54. The van der Waals surface area contributed by atoms with E-state index < -0.39 is 5.60 Å². The van der Waals surface area contributed by atoms with Gasteiger partial charge in [-0.15, -0.1) is 0 Å². The summed E-state index contributed by atoms with van der Waals surface area (Å²) >= 11 is 0. The van der Waals surface area contributed by atoms with Crippen molar-refractivity contribution in [1.82, 2.24) is 0 Å². The fraction of sp³-hybridized carbons (Fsp3) is 1.00. The van der Waals surface area contributed by atoms with Gasteiger partial charge in [-0.25, -0.2) is 0 Å².